The van der Waals surface area contributed by atoms with Crippen LogP contribution in [0.25, 0.3) is 0 Å². The number of hydrogen-bond donors (Lipinski definition) is 0. The fourth-order valence-corrected chi connectivity index (χ4v) is 2.73. The summed E-state index contributed by atoms with van der Waals surface area (Å²) in [6.07, 6.45) is 6.11. The fraction of sp³-hybridized carbons (Fsp3) is 0.923. The van der Waals surface area contributed by atoms with Gasteiger partial charge in [-0.25, -0.2) is 0 Å². The van der Waals surface area contributed by atoms with E-state index in [1.165, 1.54) is 32.2 Å². The molecule has 0 atom stereocenters. The molecule has 2 rings (SSSR count). The molecule has 0 radical (unpaired) electrons. The third-order valence-corrected chi connectivity index (χ3v) is 3.98. The number of ether oxygens (including phenoxy) is 1. The maximum Gasteiger partial charge on any atom is 0.209 e. The minimum atomic E-state index is 0.889. The summed E-state index contributed by atoms with van der Waals surface area (Å²) >= 11 is 0. The zero-order chi connectivity index (χ0) is 11.9. The van der Waals surface area contributed by atoms with Gasteiger partial charge in [0.15, 0.2) is 0 Å². The van der Waals surface area contributed by atoms with Crippen molar-refractivity contribution in [3.8, 4) is 0 Å². The lowest BCUT2D eigenvalue weighted by Gasteiger charge is -2.32. The van der Waals surface area contributed by atoms with Gasteiger partial charge in [0.1, 0.15) is 0 Å². The molecule has 0 aromatic heterocycles. The normalized spacial score (nSPS) is 23.9. The molecule has 0 N–H and O–H groups in total. The number of rotatable bonds is 5. The first kappa shape index (κ1) is 12.8. The van der Waals surface area contributed by atoms with Gasteiger partial charge >= 0.3 is 0 Å². The number of nitrogens with zero attached hydrogens (tertiary/aromatic N) is 2. The summed E-state index contributed by atoms with van der Waals surface area (Å²) in [6, 6.07) is 0. The predicted molar refractivity (Wildman–Crippen MR) is 66.9 cm³/mol. The summed E-state index contributed by atoms with van der Waals surface area (Å²) in [6.45, 7) is 7.02. The zero-order valence-electron chi connectivity index (χ0n) is 10.6. The zero-order valence-corrected chi connectivity index (χ0v) is 10.6. The molecule has 0 aliphatic carbocycles. The van der Waals surface area contributed by atoms with Crippen molar-refractivity contribution in [2.75, 3.05) is 45.9 Å². The highest BCUT2D eigenvalue weighted by atomic mass is 16.5. The molecule has 0 unspecified atom stereocenters. The van der Waals surface area contributed by atoms with E-state index in [4.69, 9.17) is 4.74 Å². The molecule has 2 aliphatic rings. The number of carbonyl (C=O) groups excluding carboxylic acids is 1. The van der Waals surface area contributed by atoms with E-state index in [9.17, 15) is 4.79 Å². The van der Waals surface area contributed by atoms with Crippen LogP contribution in [-0.4, -0.2) is 62.1 Å². The van der Waals surface area contributed by atoms with Crippen LogP contribution in [0.2, 0.25) is 0 Å². The highest BCUT2D eigenvalue weighted by molar-refractivity contribution is 5.47. The van der Waals surface area contributed by atoms with Gasteiger partial charge in [0.05, 0.1) is 0 Å². The average Bonchev–Trinajstić information content (AvgIpc) is 2.41. The topological polar surface area (TPSA) is 32.8 Å². The summed E-state index contributed by atoms with van der Waals surface area (Å²) in [5.41, 5.74) is 0. The predicted octanol–water partition coefficient (Wildman–Crippen LogP) is 0.967. The second kappa shape index (κ2) is 6.97. The molecule has 4 nitrogen and oxygen atoms in total. The molecule has 1 amide bonds. The minimum absolute atomic E-state index is 0.889. The van der Waals surface area contributed by atoms with Crippen molar-refractivity contribution in [1.82, 2.24) is 9.80 Å². The molecule has 2 fully saturated rings. The first-order chi connectivity index (χ1) is 8.38. The largest absolute Gasteiger partial charge is 0.381 e. The molecular formula is C13H24N2O2. The number of amides is 1. The Kier molecular flexibility index (Phi) is 5.26. The van der Waals surface area contributed by atoms with E-state index in [0.29, 0.717) is 0 Å². The van der Waals surface area contributed by atoms with Gasteiger partial charge in [-0.3, -0.25) is 9.69 Å². The van der Waals surface area contributed by atoms with Crippen LogP contribution >= 0.6 is 0 Å². The third kappa shape index (κ3) is 4.28. The van der Waals surface area contributed by atoms with Crippen LogP contribution in [0.1, 0.15) is 25.7 Å². The number of piperazine rings is 1. The van der Waals surface area contributed by atoms with Gasteiger partial charge < -0.3 is 9.64 Å². The Labute approximate surface area is 104 Å². The van der Waals surface area contributed by atoms with E-state index >= 15 is 0 Å². The van der Waals surface area contributed by atoms with Crippen LogP contribution in [0.4, 0.5) is 0 Å². The summed E-state index contributed by atoms with van der Waals surface area (Å²) in [4.78, 5) is 14.9. The van der Waals surface area contributed by atoms with Crippen molar-refractivity contribution in [2.45, 2.75) is 25.7 Å². The fourth-order valence-electron chi connectivity index (χ4n) is 2.73. The average molecular weight is 240 g/mol. The first-order valence-corrected chi connectivity index (χ1v) is 6.88. The summed E-state index contributed by atoms with van der Waals surface area (Å²) in [7, 11) is 0. The molecule has 2 saturated heterocycles. The van der Waals surface area contributed by atoms with Crippen molar-refractivity contribution >= 4 is 6.41 Å². The Hall–Kier alpha value is -0.610. The molecule has 0 aromatic rings. The first-order valence-electron chi connectivity index (χ1n) is 6.88. The van der Waals surface area contributed by atoms with Crippen LogP contribution in [0, 0.1) is 5.92 Å². The van der Waals surface area contributed by atoms with Crippen LogP contribution in [0.3, 0.4) is 0 Å². The van der Waals surface area contributed by atoms with E-state index in [-0.39, 0.29) is 0 Å². The Bertz CT molecular complexity index is 221. The Balaban J connectivity index is 1.54. The molecular weight excluding hydrogens is 216 g/mol. The van der Waals surface area contributed by atoms with Gasteiger partial charge in [-0.05, 0) is 38.1 Å². The SMILES string of the molecule is O=CN1CCN(CCCC2CCOCC2)CC1. The monoisotopic (exact) mass is 240 g/mol. The highest BCUT2D eigenvalue weighted by Gasteiger charge is 2.17. The van der Waals surface area contributed by atoms with Crippen molar-refractivity contribution in [1.29, 1.82) is 0 Å². The van der Waals surface area contributed by atoms with E-state index in [1.807, 2.05) is 4.90 Å². The maximum absolute atomic E-state index is 10.6. The standard InChI is InChI=1S/C13H24N2O2/c16-12-15-8-6-14(7-9-15)5-1-2-13-3-10-17-11-4-13/h12-13H,1-11H2. The molecule has 17 heavy (non-hydrogen) atoms. The quantitative estimate of drug-likeness (QED) is 0.671. The lowest BCUT2D eigenvalue weighted by molar-refractivity contribution is -0.119. The summed E-state index contributed by atoms with van der Waals surface area (Å²) in [5, 5.41) is 0. The molecule has 2 aliphatic heterocycles. The van der Waals surface area contributed by atoms with Gasteiger partial charge in [0.25, 0.3) is 0 Å². The molecule has 0 saturated carbocycles. The minimum Gasteiger partial charge on any atom is -0.381 e. The summed E-state index contributed by atoms with van der Waals surface area (Å²) < 4.78 is 5.37. The van der Waals surface area contributed by atoms with E-state index in [0.717, 1.165) is 51.7 Å². The smallest absolute Gasteiger partial charge is 0.209 e. The molecule has 4 heteroatoms. The molecule has 0 aromatic carbocycles. The van der Waals surface area contributed by atoms with Crippen molar-refractivity contribution in [2.24, 2.45) is 5.92 Å². The van der Waals surface area contributed by atoms with Crippen molar-refractivity contribution in [3.05, 3.63) is 0 Å². The molecule has 2 heterocycles. The highest BCUT2D eigenvalue weighted by Crippen LogP contribution is 2.20. The Morgan fingerprint density at radius 2 is 1.82 bits per heavy atom. The maximum atomic E-state index is 10.6. The Morgan fingerprint density at radius 1 is 1.12 bits per heavy atom. The molecule has 98 valence electrons. The lowest BCUT2D eigenvalue weighted by Crippen LogP contribution is -2.45. The van der Waals surface area contributed by atoms with Crippen molar-refractivity contribution < 1.29 is 9.53 Å². The van der Waals surface area contributed by atoms with Crippen LogP contribution in [0.5, 0.6) is 0 Å². The van der Waals surface area contributed by atoms with E-state index < -0.39 is 0 Å². The molecule has 0 spiro atoms. The Morgan fingerprint density at radius 3 is 2.47 bits per heavy atom. The van der Waals surface area contributed by atoms with E-state index in [1.54, 1.807) is 0 Å². The second-order valence-electron chi connectivity index (χ2n) is 5.18. The van der Waals surface area contributed by atoms with Gasteiger partial charge in [-0.15, -0.1) is 0 Å². The van der Waals surface area contributed by atoms with Gasteiger partial charge in [-0.1, -0.05) is 0 Å². The molecule has 0 bridgehead atoms. The van der Waals surface area contributed by atoms with Gasteiger partial charge in [0, 0.05) is 39.4 Å². The van der Waals surface area contributed by atoms with Gasteiger partial charge in [0.2, 0.25) is 6.41 Å². The second-order valence-corrected chi connectivity index (χ2v) is 5.18. The van der Waals surface area contributed by atoms with Crippen LogP contribution < -0.4 is 0 Å². The van der Waals surface area contributed by atoms with Crippen molar-refractivity contribution in [3.63, 3.8) is 0 Å². The summed E-state index contributed by atoms with van der Waals surface area (Å²) in [5.74, 6) is 0.889. The third-order valence-electron chi connectivity index (χ3n) is 3.98. The van der Waals surface area contributed by atoms with Crippen LogP contribution in [0.15, 0.2) is 0 Å². The number of hydrogen-bond acceptors (Lipinski definition) is 3. The van der Waals surface area contributed by atoms with Crippen LogP contribution in [-0.2, 0) is 9.53 Å². The van der Waals surface area contributed by atoms with Gasteiger partial charge in [-0.2, -0.15) is 0 Å². The number of carbonyl (C=O) groups is 1. The van der Waals surface area contributed by atoms with E-state index in [2.05, 4.69) is 4.90 Å². The lowest BCUT2D eigenvalue weighted by atomic mass is 9.95.